The summed E-state index contributed by atoms with van der Waals surface area (Å²) in [5.74, 6) is 8.58. The molecule has 0 saturated heterocycles. The van der Waals surface area contributed by atoms with Gasteiger partial charge in [-0.2, -0.15) is 9.37 Å². The van der Waals surface area contributed by atoms with Crippen molar-refractivity contribution in [1.29, 1.82) is 0 Å². The average Bonchev–Trinajstić information content (AvgIpc) is 3.87. The molecule has 5 nitrogen and oxygen atoms in total. The van der Waals surface area contributed by atoms with Crippen LogP contribution in [0.25, 0.3) is 0 Å². The van der Waals surface area contributed by atoms with Crippen molar-refractivity contribution >= 4 is 5.91 Å². The highest BCUT2D eigenvalue weighted by molar-refractivity contribution is 5.94. The Morgan fingerprint density at radius 1 is 1.15 bits per heavy atom. The van der Waals surface area contributed by atoms with E-state index in [1.165, 1.54) is 31.7 Å². The summed E-state index contributed by atoms with van der Waals surface area (Å²) in [7, 11) is 0. The minimum Gasteiger partial charge on any atom is -0.477 e. The number of nitrogens with zero attached hydrogens (tertiary/aromatic N) is 1. The molecule has 2 N–H and O–H groups in total. The Bertz CT molecular complexity index is 1160. The molecule has 3 saturated carbocycles. The molecule has 3 unspecified atom stereocenters. The molecule has 6 heteroatoms. The molecule has 3 fully saturated rings. The molecule has 5 atom stereocenters. The summed E-state index contributed by atoms with van der Waals surface area (Å²) < 4.78 is 20.0. The first-order valence-corrected chi connectivity index (χ1v) is 14.9. The van der Waals surface area contributed by atoms with Crippen molar-refractivity contribution < 1.29 is 13.9 Å². The van der Waals surface area contributed by atoms with E-state index in [0.29, 0.717) is 36.8 Å². The summed E-state index contributed by atoms with van der Waals surface area (Å²) in [6, 6.07) is 13.2. The lowest BCUT2D eigenvalue weighted by Crippen LogP contribution is -2.42. The van der Waals surface area contributed by atoms with E-state index in [2.05, 4.69) is 46.5 Å². The third kappa shape index (κ3) is 8.80. The van der Waals surface area contributed by atoms with Crippen molar-refractivity contribution in [2.45, 2.75) is 83.2 Å². The first-order valence-electron chi connectivity index (χ1n) is 14.9. The zero-order chi connectivity index (χ0) is 27.0. The maximum absolute atomic E-state index is 14.3. The number of halogens is 1. The molecule has 0 radical (unpaired) electrons. The van der Waals surface area contributed by atoms with Crippen molar-refractivity contribution in [1.82, 2.24) is 15.6 Å². The number of carbonyl (C=O) groups is 1. The summed E-state index contributed by atoms with van der Waals surface area (Å²) in [4.78, 5) is 17.1. The highest BCUT2D eigenvalue weighted by Gasteiger charge is 2.33. The van der Waals surface area contributed by atoms with Crippen LogP contribution < -0.4 is 15.4 Å². The Kier molecular flexibility index (Phi) is 9.53. The third-order valence-electron chi connectivity index (χ3n) is 8.45. The summed E-state index contributed by atoms with van der Waals surface area (Å²) in [5.41, 5.74) is 1.40. The highest BCUT2D eigenvalue weighted by Crippen LogP contribution is 2.37. The van der Waals surface area contributed by atoms with Gasteiger partial charge in [0.2, 0.25) is 11.8 Å². The van der Waals surface area contributed by atoms with E-state index in [-0.39, 0.29) is 23.4 Å². The molecule has 1 amide bonds. The molecule has 0 spiro atoms. The Morgan fingerprint density at radius 3 is 2.72 bits per heavy atom. The van der Waals surface area contributed by atoms with Gasteiger partial charge >= 0.3 is 0 Å². The number of nitrogens with one attached hydrogen (secondary N) is 2. The maximum Gasteiger partial charge on any atom is 0.251 e. The molecule has 0 bridgehead atoms. The van der Waals surface area contributed by atoms with Crippen LogP contribution in [0.2, 0.25) is 0 Å². The van der Waals surface area contributed by atoms with Crippen LogP contribution in [0.3, 0.4) is 0 Å². The van der Waals surface area contributed by atoms with E-state index in [1.54, 1.807) is 6.07 Å². The SMILES string of the molecule is C[C@H]1CC1COc1cc(C(=O)N[C@H](CCNC2CCCCC2C#CCC2CC2)Cc2ccccc2)cc(F)n1. The smallest absolute Gasteiger partial charge is 0.251 e. The number of benzene rings is 1. The molecule has 208 valence electrons. The highest BCUT2D eigenvalue weighted by atomic mass is 19.1. The van der Waals surface area contributed by atoms with Gasteiger partial charge in [0.25, 0.3) is 5.91 Å². The summed E-state index contributed by atoms with van der Waals surface area (Å²) in [6.45, 7) is 3.47. The fourth-order valence-electron chi connectivity index (χ4n) is 5.54. The largest absolute Gasteiger partial charge is 0.477 e. The third-order valence-corrected chi connectivity index (χ3v) is 8.45. The van der Waals surface area contributed by atoms with Crippen LogP contribution in [-0.4, -0.2) is 36.1 Å². The van der Waals surface area contributed by atoms with Crippen LogP contribution in [0.4, 0.5) is 4.39 Å². The number of hydrogen-bond acceptors (Lipinski definition) is 4. The number of rotatable bonds is 12. The van der Waals surface area contributed by atoms with Crippen LogP contribution >= 0.6 is 0 Å². The van der Waals surface area contributed by atoms with E-state index in [4.69, 9.17) is 4.74 Å². The zero-order valence-corrected chi connectivity index (χ0v) is 23.1. The van der Waals surface area contributed by atoms with Crippen molar-refractivity contribution in [3.05, 3.63) is 59.5 Å². The van der Waals surface area contributed by atoms with Crippen LogP contribution in [0.15, 0.2) is 42.5 Å². The molecule has 3 aliphatic carbocycles. The molecule has 3 aliphatic rings. The first-order chi connectivity index (χ1) is 19.0. The van der Waals surface area contributed by atoms with Crippen LogP contribution in [0.1, 0.15) is 80.6 Å². The number of carbonyl (C=O) groups excluding carboxylic acids is 1. The van der Waals surface area contributed by atoms with E-state index < -0.39 is 5.95 Å². The molecule has 1 heterocycles. The van der Waals surface area contributed by atoms with Crippen molar-refractivity contribution in [2.24, 2.45) is 23.7 Å². The van der Waals surface area contributed by atoms with Crippen LogP contribution in [0, 0.1) is 41.5 Å². The van der Waals surface area contributed by atoms with Gasteiger partial charge in [0.15, 0.2) is 0 Å². The Hall–Kier alpha value is -2.91. The number of amides is 1. The van der Waals surface area contributed by atoms with E-state index in [1.807, 2.05) is 18.2 Å². The molecular weight excluding hydrogens is 489 g/mol. The fraction of sp³-hybridized carbons (Fsp3) is 0.576. The lowest BCUT2D eigenvalue weighted by atomic mass is 9.84. The maximum atomic E-state index is 14.3. The van der Waals surface area contributed by atoms with E-state index >= 15 is 0 Å². The Balaban J connectivity index is 1.19. The zero-order valence-electron chi connectivity index (χ0n) is 23.1. The molecule has 2 aromatic rings. The van der Waals surface area contributed by atoms with Crippen LogP contribution in [0.5, 0.6) is 5.88 Å². The van der Waals surface area contributed by atoms with Crippen molar-refractivity contribution in [3.63, 3.8) is 0 Å². The number of aromatic nitrogens is 1. The molecule has 39 heavy (non-hydrogen) atoms. The Labute approximate surface area is 232 Å². The van der Waals surface area contributed by atoms with Gasteiger partial charge in [-0.1, -0.05) is 56.0 Å². The summed E-state index contributed by atoms with van der Waals surface area (Å²) in [5, 5.41) is 6.93. The van der Waals surface area contributed by atoms with Gasteiger partial charge in [0.1, 0.15) is 0 Å². The topological polar surface area (TPSA) is 63.2 Å². The lowest BCUT2D eigenvalue weighted by molar-refractivity contribution is 0.0933. The van der Waals surface area contributed by atoms with Gasteiger partial charge in [0, 0.05) is 42.1 Å². The predicted molar refractivity (Wildman–Crippen MR) is 152 cm³/mol. The minimum atomic E-state index is -0.700. The number of ether oxygens (including phenoxy) is 1. The number of hydrogen-bond donors (Lipinski definition) is 2. The summed E-state index contributed by atoms with van der Waals surface area (Å²) in [6.07, 6.45) is 11.1. The summed E-state index contributed by atoms with van der Waals surface area (Å²) >= 11 is 0. The molecule has 1 aromatic heterocycles. The normalized spacial score (nSPS) is 24.8. The Morgan fingerprint density at radius 2 is 1.95 bits per heavy atom. The van der Waals surface area contributed by atoms with Crippen LogP contribution in [-0.2, 0) is 6.42 Å². The minimum absolute atomic E-state index is 0.0942. The first kappa shape index (κ1) is 27.6. The van der Waals surface area contributed by atoms with Gasteiger partial charge in [-0.05, 0) is 74.8 Å². The lowest BCUT2D eigenvalue weighted by Gasteiger charge is -2.30. The molecule has 5 rings (SSSR count). The van der Waals surface area contributed by atoms with Gasteiger partial charge in [-0.3, -0.25) is 4.79 Å². The second kappa shape index (κ2) is 13.4. The van der Waals surface area contributed by atoms with Gasteiger partial charge in [-0.25, -0.2) is 0 Å². The second-order valence-electron chi connectivity index (χ2n) is 11.9. The monoisotopic (exact) mass is 531 g/mol. The quantitative estimate of drug-likeness (QED) is 0.263. The molecule has 0 aliphatic heterocycles. The molecular formula is C33H42FN3O2. The molecule has 1 aromatic carbocycles. The predicted octanol–water partition coefficient (Wildman–Crippen LogP) is 5.94. The van der Waals surface area contributed by atoms with E-state index in [9.17, 15) is 9.18 Å². The van der Waals surface area contributed by atoms with Crippen molar-refractivity contribution in [2.75, 3.05) is 13.2 Å². The second-order valence-corrected chi connectivity index (χ2v) is 11.9. The standard InChI is InChI=1S/C33H42FN3O2/c1-23-18-28(23)22-39-32-21-27(20-31(34)37-32)33(38)36-29(19-25-8-3-2-4-9-25)16-17-35-30-13-6-5-11-26(30)12-7-10-24-14-15-24/h2-4,8-9,20-21,23-24,26,28-30,35H,5-6,10-11,13-19,22H2,1H3,(H,36,38)/t23-,26?,28?,29+,30?/m0/s1. The van der Waals surface area contributed by atoms with Gasteiger partial charge in [0.05, 0.1) is 6.61 Å². The van der Waals surface area contributed by atoms with Crippen molar-refractivity contribution in [3.8, 4) is 17.7 Å². The van der Waals surface area contributed by atoms with Gasteiger partial charge < -0.3 is 15.4 Å². The average molecular weight is 532 g/mol. The van der Waals surface area contributed by atoms with Gasteiger partial charge in [-0.15, -0.1) is 5.92 Å². The van der Waals surface area contributed by atoms with E-state index in [0.717, 1.165) is 50.1 Å². The number of pyridine rings is 1. The fourth-order valence-corrected chi connectivity index (χ4v) is 5.54.